The quantitative estimate of drug-likeness (QED) is 0.588. The SMILES string of the molecule is O=S(=O)(NCCNc1cc(N2CCOCC2)cnn1)c1ccc(OC(F)(F)F)cc1. The van der Waals surface area contributed by atoms with Gasteiger partial charge >= 0.3 is 6.36 Å². The van der Waals surface area contributed by atoms with E-state index in [2.05, 4.69) is 29.9 Å². The fourth-order valence-electron chi connectivity index (χ4n) is 2.72. The molecule has 0 saturated carbocycles. The predicted molar refractivity (Wildman–Crippen MR) is 102 cm³/mol. The lowest BCUT2D eigenvalue weighted by molar-refractivity contribution is -0.274. The van der Waals surface area contributed by atoms with Crippen LogP contribution in [0.1, 0.15) is 0 Å². The third kappa shape index (κ3) is 6.43. The van der Waals surface area contributed by atoms with Gasteiger partial charge in [-0.3, -0.25) is 0 Å². The van der Waals surface area contributed by atoms with Crippen molar-refractivity contribution in [3.63, 3.8) is 0 Å². The average molecular weight is 447 g/mol. The molecule has 2 heterocycles. The van der Waals surface area contributed by atoms with Gasteiger partial charge in [0, 0.05) is 32.2 Å². The highest BCUT2D eigenvalue weighted by atomic mass is 32.2. The van der Waals surface area contributed by atoms with E-state index in [1.807, 2.05) is 6.07 Å². The largest absolute Gasteiger partial charge is 0.573 e. The number of rotatable bonds is 8. The molecule has 2 N–H and O–H groups in total. The summed E-state index contributed by atoms with van der Waals surface area (Å²) in [5.41, 5.74) is 0.887. The van der Waals surface area contributed by atoms with Crippen LogP contribution in [0, 0.1) is 0 Å². The molecule has 13 heteroatoms. The first kappa shape index (κ1) is 22.1. The summed E-state index contributed by atoms with van der Waals surface area (Å²) in [6.45, 7) is 3.03. The first-order chi connectivity index (χ1) is 14.2. The predicted octanol–water partition coefficient (Wildman–Crippen LogP) is 1.60. The fraction of sp³-hybridized carbons (Fsp3) is 0.412. The highest BCUT2D eigenvalue weighted by Crippen LogP contribution is 2.23. The van der Waals surface area contributed by atoms with Crippen LogP contribution < -0.4 is 19.7 Å². The molecular formula is C17H20F3N5O4S. The average Bonchev–Trinajstić information content (AvgIpc) is 2.71. The minimum atomic E-state index is -4.84. The Labute approximate surface area is 171 Å². The molecule has 1 aromatic heterocycles. The Hall–Kier alpha value is -2.64. The molecule has 1 aliphatic heterocycles. The van der Waals surface area contributed by atoms with Crippen molar-refractivity contribution in [3.05, 3.63) is 36.5 Å². The van der Waals surface area contributed by atoms with Crippen LogP contribution in [0.2, 0.25) is 0 Å². The molecule has 1 saturated heterocycles. The molecule has 9 nitrogen and oxygen atoms in total. The lowest BCUT2D eigenvalue weighted by Crippen LogP contribution is -2.36. The first-order valence-electron chi connectivity index (χ1n) is 8.98. The van der Waals surface area contributed by atoms with Gasteiger partial charge in [0.1, 0.15) is 5.75 Å². The maximum Gasteiger partial charge on any atom is 0.573 e. The molecule has 0 spiro atoms. The van der Waals surface area contributed by atoms with Crippen molar-refractivity contribution in [2.75, 3.05) is 49.6 Å². The van der Waals surface area contributed by atoms with Gasteiger partial charge < -0.3 is 19.7 Å². The second-order valence-corrected chi connectivity index (χ2v) is 8.01. The summed E-state index contributed by atoms with van der Waals surface area (Å²) in [5, 5.41) is 10.9. The van der Waals surface area contributed by atoms with Crippen LogP contribution in [0.15, 0.2) is 41.4 Å². The normalized spacial score (nSPS) is 15.1. The summed E-state index contributed by atoms with van der Waals surface area (Å²) >= 11 is 0. The number of hydrogen-bond acceptors (Lipinski definition) is 8. The van der Waals surface area contributed by atoms with Gasteiger partial charge in [-0.05, 0) is 24.3 Å². The van der Waals surface area contributed by atoms with Crippen LogP contribution in [0.3, 0.4) is 0 Å². The van der Waals surface area contributed by atoms with Crippen molar-refractivity contribution in [3.8, 4) is 5.75 Å². The monoisotopic (exact) mass is 447 g/mol. The van der Waals surface area contributed by atoms with Crippen LogP contribution in [0.25, 0.3) is 0 Å². The van der Waals surface area contributed by atoms with Gasteiger partial charge in [-0.2, -0.15) is 5.10 Å². The Morgan fingerprint density at radius 1 is 1.13 bits per heavy atom. The lowest BCUT2D eigenvalue weighted by Gasteiger charge is -2.28. The van der Waals surface area contributed by atoms with Gasteiger partial charge in [-0.1, -0.05) is 0 Å². The number of nitrogens with zero attached hydrogens (tertiary/aromatic N) is 3. The van der Waals surface area contributed by atoms with Gasteiger partial charge in [-0.25, -0.2) is 13.1 Å². The minimum absolute atomic E-state index is 0.0343. The standard InChI is InChI=1S/C17H20F3N5O4S/c18-17(19,20)29-14-1-3-15(4-2-14)30(26,27)23-6-5-21-16-11-13(12-22-24-16)25-7-9-28-10-8-25/h1-4,11-12,23H,5-10H2,(H,21,24). The smallest absolute Gasteiger partial charge is 0.406 e. The molecular weight excluding hydrogens is 427 g/mol. The number of morpholine rings is 1. The number of alkyl halides is 3. The van der Waals surface area contributed by atoms with Crippen molar-refractivity contribution in [2.24, 2.45) is 0 Å². The molecule has 2 aromatic rings. The zero-order valence-corrected chi connectivity index (χ0v) is 16.5. The minimum Gasteiger partial charge on any atom is -0.406 e. The zero-order chi connectivity index (χ0) is 21.6. The summed E-state index contributed by atoms with van der Waals surface area (Å²) < 4.78 is 72.4. The topological polar surface area (TPSA) is 106 Å². The lowest BCUT2D eigenvalue weighted by atomic mass is 10.3. The summed E-state index contributed by atoms with van der Waals surface area (Å²) in [5.74, 6) is -0.00585. The number of sulfonamides is 1. The van der Waals surface area contributed by atoms with E-state index in [9.17, 15) is 21.6 Å². The van der Waals surface area contributed by atoms with E-state index in [-0.39, 0.29) is 18.0 Å². The Kier molecular flexibility index (Phi) is 6.95. The first-order valence-corrected chi connectivity index (χ1v) is 10.5. The van der Waals surface area contributed by atoms with Gasteiger partial charge in [-0.15, -0.1) is 18.3 Å². The van der Waals surface area contributed by atoms with E-state index in [1.54, 1.807) is 6.20 Å². The maximum absolute atomic E-state index is 12.3. The Bertz CT molecular complexity index is 935. The van der Waals surface area contributed by atoms with E-state index in [0.29, 0.717) is 19.0 Å². The Morgan fingerprint density at radius 3 is 2.50 bits per heavy atom. The van der Waals surface area contributed by atoms with Crippen molar-refractivity contribution in [1.82, 2.24) is 14.9 Å². The highest BCUT2D eigenvalue weighted by molar-refractivity contribution is 7.89. The van der Waals surface area contributed by atoms with Crippen LogP contribution >= 0.6 is 0 Å². The molecule has 3 rings (SSSR count). The molecule has 164 valence electrons. The number of ether oxygens (including phenoxy) is 2. The number of anilines is 2. The number of benzene rings is 1. The van der Waals surface area contributed by atoms with E-state index in [4.69, 9.17) is 4.74 Å². The van der Waals surface area contributed by atoms with Crippen molar-refractivity contribution >= 4 is 21.5 Å². The zero-order valence-electron chi connectivity index (χ0n) is 15.7. The fourth-order valence-corrected chi connectivity index (χ4v) is 3.75. The molecule has 0 atom stereocenters. The second-order valence-electron chi connectivity index (χ2n) is 6.24. The van der Waals surface area contributed by atoms with Crippen LogP contribution in [0.4, 0.5) is 24.7 Å². The van der Waals surface area contributed by atoms with E-state index in [1.165, 1.54) is 0 Å². The maximum atomic E-state index is 12.3. The number of nitrogens with one attached hydrogen (secondary N) is 2. The summed E-state index contributed by atoms with van der Waals surface area (Å²) in [7, 11) is -3.89. The third-order valence-corrected chi connectivity index (χ3v) is 5.58. The molecule has 0 unspecified atom stereocenters. The molecule has 1 fully saturated rings. The van der Waals surface area contributed by atoms with Crippen LogP contribution in [-0.4, -0.2) is 64.4 Å². The van der Waals surface area contributed by atoms with Gasteiger partial charge in [0.2, 0.25) is 10.0 Å². The number of halogens is 3. The molecule has 0 amide bonds. The summed E-state index contributed by atoms with van der Waals surface area (Å²) in [6.07, 6.45) is -3.20. The molecule has 1 aliphatic rings. The number of hydrogen-bond donors (Lipinski definition) is 2. The van der Waals surface area contributed by atoms with E-state index < -0.39 is 22.1 Å². The molecule has 1 aromatic carbocycles. The Balaban J connectivity index is 1.50. The van der Waals surface area contributed by atoms with Crippen molar-refractivity contribution in [2.45, 2.75) is 11.3 Å². The molecule has 0 radical (unpaired) electrons. The van der Waals surface area contributed by atoms with Crippen molar-refractivity contribution < 1.29 is 31.1 Å². The number of aromatic nitrogens is 2. The third-order valence-electron chi connectivity index (χ3n) is 4.11. The van der Waals surface area contributed by atoms with Gasteiger partial charge in [0.15, 0.2) is 5.82 Å². The van der Waals surface area contributed by atoms with Crippen LogP contribution in [-0.2, 0) is 14.8 Å². The summed E-state index contributed by atoms with van der Waals surface area (Å²) in [6, 6.07) is 5.76. The van der Waals surface area contributed by atoms with E-state index >= 15 is 0 Å². The molecule has 0 bridgehead atoms. The summed E-state index contributed by atoms with van der Waals surface area (Å²) in [4.78, 5) is 1.93. The Morgan fingerprint density at radius 2 is 1.83 bits per heavy atom. The highest BCUT2D eigenvalue weighted by Gasteiger charge is 2.31. The molecule has 0 aliphatic carbocycles. The van der Waals surface area contributed by atoms with Gasteiger partial charge in [0.05, 0.1) is 30.0 Å². The van der Waals surface area contributed by atoms with Crippen molar-refractivity contribution in [1.29, 1.82) is 0 Å². The second kappa shape index (κ2) is 9.45. The van der Waals surface area contributed by atoms with E-state index in [0.717, 1.165) is 43.0 Å². The molecule has 30 heavy (non-hydrogen) atoms. The van der Waals surface area contributed by atoms with Gasteiger partial charge in [0.25, 0.3) is 0 Å². The van der Waals surface area contributed by atoms with Crippen LogP contribution in [0.5, 0.6) is 5.75 Å².